The number of hydrogen-bond donors (Lipinski definition) is 1. The predicted octanol–water partition coefficient (Wildman–Crippen LogP) is 1.78. The van der Waals surface area contributed by atoms with Crippen LogP contribution in [-0.2, 0) is 0 Å². The smallest absolute Gasteiger partial charge is 0.0113 e. The maximum atomic E-state index is 5.71. The Morgan fingerprint density at radius 2 is 1.89 bits per heavy atom. The zero-order valence-corrected chi connectivity index (χ0v) is 12.3. The first kappa shape index (κ1) is 14.3. The summed E-state index contributed by atoms with van der Waals surface area (Å²) in [5.74, 6) is 1.59. The summed E-state index contributed by atoms with van der Waals surface area (Å²) in [7, 11) is 0. The second-order valence-electron chi connectivity index (χ2n) is 6.60. The van der Waals surface area contributed by atoms with Gasteiger partial charge in [-0.2, -0.15) is 0 Å². The number of nitrogens with two attached hydrogens (primary N) is 1. The summed E-state index contributed by atoms with van der Waals surface area (Å²) in [5.41, 5.74) is 5.71. The van der Waals surface area contributed by atoms with Crippen LogP contribution in [0.2, 0.25) is 0 Å². The third-order valence-electron chi connectivity index (χ3n) is 4.80. The lowest BCUT2D eigenvalue weighted by Gasteiger charge is -2.42. The fraction of sp³-hybridized carbons (Fsp3) is 1.00. The molecule has 1 saturated heterocycles. The largest absolute Gasteiger partial charge is 0.330 e. The zero-order chi connectivity index (χ0) is 13.0. The van der Waals surface area contributed by atoms with Gasteiger partial charge in [0.25, 0.3) is 0 Å². The molecule has 0 radical (unpaired) electrons. The molecule has 1 saturated carbocycles. The van der Waals surface area contributed by atoms with Gasteiger partial charge in [-0.25, -0.2) is 0 Å². The van der Waals surface area contributed by atoms with Crippen molar-refractivity contribution < 1.29 is 0 Å². The van der Waals surface area contributed by atoms with Crippen molar-refractivity contribution in [3.05, 3.63) is 0 Å². The topological polar surface area (TPSA) is 32.5 Å². The van der Waals surface area contributed by atoms with Crippen LogP contribution >= 0.6 is 0 Å². The lowest BCUT2D eigenvalue weighted by atomic mass is 9.86. The Balaban J connectivity index is 1.72. The second kappa shape index (κ2) is 6.88. The molecule has 0 amide bonds. The molecule has 1 heterocycles. The first-order valence-electron chi connectivity index (χ1n) is 7.85. The van der Waals surface area contributed by atoms with Crippen LogP contribution in [0.4, 0.5) is 0 Å². The first-order chi connectivity index (χ1) is 8.69. The van der Waals surface area contributed by atoms with Crippen molar-refractivity contribution in [3.63, 3.8) is 0 Å². The number of piperazine rings is 1. The van der Waals surface area contributed by atoms with Gasteiger partial charge in [0.15, 0.2) is 0 Å². The van der Waals surface area contributed by atoms with Crippen molar-refractivity contribution in [1.82, 2.24) is 9.80 Å². The van der Waals surface area contributed by atoms with Gasteiger partial charge >= 0.3 is 0 Å². The Morgan fingerprint density at radius 3 is 2.50 bits per heavy atom. The summed E-state index contributed by atoms with van der Waals surface area (Å²) < 4.78 is 0. The third-order valence-corrected chi connectivity index (χ3v) is 4.80. The molecule has 0 aromatic heterocycles. The van der Waals surface area contributed by atoms with E-state index >= 15 is 0 Å². The lowest BCUT2D eigenvalue weighted by Crippen LogP contribution is -2.52. The first-order valence-corrected chi connectivity index (χ1v) is 7.85. The number of nitrogens with zero attached hydrogens (tertiary/aromatic N) is 2. The number of rotatable bonds is 4. The van der Waals surface area contributed by atoms with Crippen molar-refractivity contribution in [2.45, 2.75) is 45.6 Å². The summed E-state index contributed by atoms with van der Waals surface area (Å²) in [6.45, 7) is 11.7. The molecule has 0 bridgehead atoms. The van der Waals surface area contributed by atoms with Gasteiger partial charge in [-0.15, -0.1) is 0 Å². The monoisotopic (exact) mass is 253 g/mol. The van der Waals surface area contributed by atoms with E-state index in [1.807, 2.05) is 0 Å². The minimum atomic E-state index is 0.645. The van der Waals surface area contributed by atoms with Crippen LogP contribution in [0.5, 0.6) is 0 Å². The molecular formula is C15H31N3. The Morgan fingerprint density at radius 1 is 1.17 bits per heavy atom. The molecular weight excluding hydrogens is 222 g/mol. The average molecular weight is 253 g/mol. The van der Waals surface area contributed by atoms with E-state index in [9.17, 15) is 0 Å². The van der Waals surface area contributed by atoms with E-state index in [-0.39, 0.29) is 0 Å². The molecule has 106 valence electrons. The third kappa shape index (κ3) is 3.94. The van der Waals surface area contributed by atoms with Crippen LogP contribution < -0.4 is 5.73 Å². The quantitative estimate of drug-likeness (QED) is 0.829. The fourth-order valence-corrected chi connectivity index (χ4v) is 3.56. The highest BCUT2D eigenvalue weighted by atomic mass is 15.3. The van der Waals surface area contributed by atoms with E-state index in [1.54, 1.807) is 0 Å². The molecule has 0 spiro atoms. The molecule has 0 aromatic rings. The Labute approximate surface area is 113 Å². The van der Waals surface area contributed by atoms with Crippen LogP contribution in [0.25, 0.3) is 0 Å². The summed E-state index contributed by atoms with van der Waals surface area (Å²) in [5, 5.41) is 0. The van der Waals surface area contributed by atoms with Crippen molar-refractivity contribution in [2.24, 2.45) is 17.6 Å². The predicted molar refractivity (Wildman–Crippen MR) is 77.7 cm³/mol. The maximum Gasteiger partial charge on any atom is 0.0113 e. The molecule has 2 aliphatic rings. The van der Waals surface area contributed by atoms with E-state index in [0.29, 0.717) is 5.92 Å². The van der Waals surface area contributed by atoms with Crippen molar-refractivity contribution in [3.8, 4) is 0 Å². The minimum Gasteiger partial charge on any atom is -0.330 e. The van der Waals surface area contributed by atoms with Gasteiger partial charge < -0.3 is 10.6 Å². The highest BCUT2D eigenvalue weighted by Crippen LogP contribution is 2.27. The molecule has 3 atom stereocenters. The van der Waals surface area contributed by atoms with Gasteiger partial charge in [0.05, 0.1) is 0 Å². The lowest BCUT2D eigenvalue weighted by molar-refractivity contribution is 0.0637. The van der Waals surface area contributed by atoms with Gasteiger partial charge in [-0.05, 0) is 31.2 Å². The summed E-state index contributed by atoms with van der Waals surface area (Å²) in [6, 6.07) is 0.878. The molecule has 2 rings (SSSR count). The molecule has 1 aliphatic carbocycles. The van der Waals surface area contributed by atoms with Crippen molar-refractivity contribution >= 4 is 0 Å². The van der Waals surface area contributed by atoms with Gasteiger partial charge in [0.2, 0.25) is 0 Å². The molecule has 2 fully saturated rings. The summed E-state index contributed by atoms with van der Waals surface area (Å²) in [6.07, 6.45) is 5.75. The van der Waals surface area contributed by atoms with Gasteiger partial charge in [-0.3, -0.25) is 4.90 Å². The van der Waals surface area contributed by atoms with E-state index in [1.165, 1.54) is 58.4 Å². The Bertz CT molecular complexity index is 236. The van der Waals surface area contributed by atoms with E-state index in [0.717, 1.165) is 18.5 Å². The molecule has 0 aromatic carbocycles. The second-order valence-corrected chi connectivity index (χ2v) is 6.60. The Kier molecular flexibility index (Phi) is 5.46. The highest BCUT2D eigenvalue weighted by Gasteiger charge is 2.27. The van der Waals surface area contributed by atoms with Crippen molar-refractivity contribution in [2.75, 3.05) is 39.3 Å². The molecule has 1 aliphatic heterocycles. The zero-order valence-electron chi connectivity index (χ0n) is 12.3. The minimum absolute atomic E-state index is 0.645. The van der Waals surface area contributed by atoms with Gasteiger partial charge in [0.1, 0.15) is 0 Å². The highest BCUT2D eigenvalue weighted by molar-refractivity contribution is 4.83. The molecule has 3 nitrogen and oxygen atoms in total. The van der Waals surface area contributed by atoms with Crippen molar-refractivity contribution in [1.29, 1.82) is 0 Å². The summed E-state index contributed by atoms with van der Waals surface area (Å²) in [4.78, 5) is 5.35. The normalized spacial score (nSPS) is 33.5. The average Bonchev–Trinajstić information content (AvgIpc) is 2.39. The molecule has 2 N–H and O–H groups in total. The van der Waals surface area contributed by atoms with Gasteiger partial charge in [0, 0.05) is 38.8 Å². The van der Waals surface area contributed by atoms with Crippen LogP contribution in [0.15, 0.2) is 0 Å². The van der Waals surface area contributed by atoms with Gasteiger partial charge in [-0.1, -0.05) is 26.7 Å². The molecule has 18 heavy (non-hydrogen) atoms. The molecule has 3 unspecified atom stereocenters. The Hall–Kier alpha value is -0.120. The van der Waals surface area contributed by atoms with Crippen LogP contribution in [0, 0.1) is 11.8 Å². The van der Waals surface area contributed by atoms with Crippen LogP contribution in [-0.4, -0.2) is 55.1 Å². The SMILES string of the molecule is CC1CCCC(N2CCN(CC(C)CN)CC2)C1. The summed E-state index contributed by atoms with van der Waals surface area (Å²) >= 11 is 0. The van der Waals surface area contributed by atoms with Crippen LogP contribution in [0.3, 0.4) is 0 Å². The van der Waals surface area contributed by atoms with E-state index in [2.05, 4.69) is 23.6 Å². The maximum absolute atomic E-state index is 5.71. The van der Waals surface area contributed by atoms with Crippen LogP contribution in [0.1, 0.15) is 39.5 Å². The standard InChI is InChI=1S/C15H31N3/c1-13-4-3-5-15(10-13)18-8-6-17(7-9-18)12-14(2)11-16/h13-15H,3-12,16H2,1-2H3. The fourth-order valence-electron chi connectivity index (χ4n) is 3.56. The molecule has 3 heteroatoms. The van der Waals surface area contributed by atoms with E-state index < -0.39 is 0 Å². The van der Waals surface area contributed by atoms with E-state index in [4.69, 9.17) is 5.73 Å². The number of hydrogen-bond acceptors (Lipinski definition) is 3.